The van der Waals surface area contributed by atoms with Crippen LogP contribution in [0.25, 0.3) is 0 Å². The summed E-state index contributed by atoms with van der Waals surface area (Å²) in [5.41, 5.74) is 2.41. The maximum atomic E-state index is 4.84. The number of hydrogen-bond acceptors (Lipinski definition) is 3. The van der Waals surface area contributed by atoms with E-state index in [1.807, 2.05) is 0 Å². The Kier molecular flexibility index (Phi) is 3.77. The molecular weight excluding hydrogens is 290 g/mol. The fourth-order valence-electron chi connectivity index (χ4n) is 2.66. The summed E-state index contributed by atoms with van der Waals surface area (Å²) in [6.07, 6.45) is 4.10. The third kappa shape index (κ3) is 2.66. The monoisotopic (exact) mass is 307 g/mol. The van der Waals surface area contributed by atoms with E-state index < -0.39 is 0 Å². The van der Waals surface area contributed by atoms with Crippen molar-refractivity contribution in [3.05, 3.63) is 34.3 Å². The Morgan fingerprint density at radius 2 is 1.94 bits per heavy atom. The molecule has 1 fully saturated rings. The topological polar surface area (TPSA) is 36.4 Å². The maximum absolute atomic E-state index is 4.84. The van der Waals surface area contributed by atoms with Gasteiger partial charge >= 0.3 is 0 Å². The van der Waals surface area contributed by atoms with E-state index in [0.29, 0.717) is 6.04 Å². The van der Waals surface area contributed by atoms with Gasteiger partial charge in [0, 0.05) is 17.1 Å². The summed E-state index contributed by atoms with van der Waals surface area (Å²) < 4.78 is 1.11. The van der Waals surface area contributed by atoms with Crippen molar-refractivity contribution in [3.63, 3.8) is 0 Å². The highest BCUT2D eigenvalue weighted by atomic mass is 79.9. The van der Waals surface area contributed by atoms with Gasteiger partial charge in [-0.3, -0.25) is 10.3 Å². The van der Waals surface area contributed by atoms with Crippen molar-refractivity contribution in [2.24, 2.45) is 4.99 Å². The second-order valence-electron chi connectivity index (χ2n) is 4.96. The molecule has 1 aromatic carbocycles. The van der Waals surface area contributed by atoms with Gasteiger partial charge in [-0.15, -0.1) is 0 Å². The van der Waals surface area contributed by atoms with Gasteiger partial charge in [0.05, 0.1) is 5.71 Å². The van der Waals surface area contributed by atoms with Gasteiger partial charge in [-0.25, -0.2) is 0 Å². The lowest BCUT2D eigenvalue weighted by molar-refractivity contribution is 0.333. The van der Waals surface area contributed by atoms with Gasteiger partial charge in [-0.1, -0.05) is 34.5 Å². The second-order valence-corrected chi connectivity index (χ2v) is 5.88. The molecular formula is C14H18BrN3. The van der Waals surface area contributed by atoms with Crippen LogP contribution in [0.1, 0.15) is 24.8 Å². The van der Waals surface area contributed by atoms with Crippen molar-refractivity contribution in [2.75, 3.05) is 13.1 Å². The third-order valence-corrected chi connectivity index (χ3v) is 4.21. The molecule has 0 saturated carbocycles. The molecule has 2 aliphatic heterocycles. The molecule has 18 heavy (non-hydrogen) atoms. The lowest BCUT2D eigenvalue weighted by Gasteiger charge is -2.27. The SMILES string of the molecule is Brc1ccc(C2=NC(C3CCCCN3)NC2)cc1. The molecule has 4 heteroatoms. The molecule has 0 aliphatic carbocycles. The molecule has 0 amide bonds. The summed E-state index contributed by atoms with van der Waals surface area (Å²) in [6, 6.07) is 8.91. The first-order chi connectivity index (χ1) is 8.83. The van der Waals surface area contributed by atoms with Crippen molar-refractivity contribution in [3.8, 4) is 0 Å². The first-order valence-electron chi connectivity index (χ1n) is 6.62. The number of rotatable bonds is 2. The highest BCUT2D eigenvalue weighted by Gasteiger charge is 2.26. The van der Waals surface area contributed by atoms with Gasteiger partial charge < -0.3 is 5.32 Å². The predicted octanol–water partition coefficient (Wildman–Crippen LogP) is 2.31. The molecule has 0 radical (unpaired) electrons. The maximum Gasteiger partial charge on any atom is 0.116 e. The van der Waals surface area contributed by atoms with Gasteiger partial charge in [0.25, 0.3) is 0 Å². The number of benzene rings is 1. The van der Waals surface area contributed by atoms with E-state index >= 15 is 0 Å². The molecule has 2 unspecified atom stereocenters. The van der Waals surface area contributed by atoms with Crippen molar-refractivity contribution in [2.45, 2.75) is 31.5 Å². The molecule has 2 aliphatic rings. The molecule has 3 nitrogen and oxygen atoms in total. The van der Waals surface area contributed by atoms with Crippen LogP contribution in [0.2, 0.25) is 0 Å². The van der Waals surface area contributed by atoms with Crippen molar-refractivity contribution in [1.82, 2.24) is 10.6 Å². The summed E-state index contributed by atoms with van der Waals surface area (Å²) >= 11 is 3.46. The fraction of sp³-hybridized carbons (Fsp3) is 0.500. The Balaban J connectivity index is 1.72. The zero-order valence-corrected chi connectivity index (χ0v) is 11.9. The molecule has 0 aromatic heterocycles. The van der Waals surface area contributed by atoms with Crippen LogP contribution in [0.5, 0.6) is 0 Å². The van der Waals surface area contributed by atoms with E-state index in [0.717, 1.165) is 17.6 Å². The van der Waals surface area contributed by atoms with E-state index in [1.165, 1.54) is 30.5 Å². The Labute approximate surface area is 116 Å². The van der Waals surface area contributed by atoms with E-state index in [1.54, 1.807) is 0 Å². The van der Waals surface area contributed by atoms with Crippen molar-refractivity contribution in [1.29, 1.82) is 0 Å². The van der Waals surface area contributed by atoms with Crippen molar-refractivity contribution >= 4 is 21.6 Å². The number of hydrogen-bond donors (Lipinski definition) is 2. The normalized spacial score (nSPS) is 28.2. The Morgan fingerprint density at radius 1 is 1.11 bits per heavy atom. The number of halogens is 1. The molecule has 1 aromatic rings. The lowest BCUT2D eigenvalue weighted by Crippen LogP contribution is -2.47. The summed E-state index contributed by atoms with van der Waals surface area (Å²) in [5.74, 6) is 0. The van der Waals surface area contributed by atoms with Crippen LogP contribution < -0.4 is 10.6 Å². The van der Waals surface area contributed by atoms with Gasteiger partial charge in [-0.2, -0.15) is 0 Å². The first kappa shape index (κ1) is 12.3. The van der Waals surface area contributed by atoms with E-state index in [2.05, 4.69) is 50.8 Å². The van der Waals surface area contributed by atoms with Crippen LogP contribution in [0.3, 0.4) is 0 Å². The minimum Gasteiger partial charge on any atom is -0.311 e. The largest absolute Gasteiger partial charge is 0.311 e. The summed E-state index contributed by atoms with van der Waals surface area (Å²) in [6.45, 7) is 2.01. The molecule has 2 atom stereocenters. The Morgan fingerprint density at radius 3 is 2.67 bits per heavy atom. The standard InChI is InChI=1S/C14H18BrN3/c15-11-6-4-10(5-7-11)13-9-17-14(18-13)12-3-1-2-8-16-12/h4-7,12,14,16-17H,1-3,8-9H2. The lowest BCUT2D eigenvalue weighted by atomic mass is 10.0. The average molecular weight is 308 g/mol. The molecule has 0 spiro atoms. The molecule has 0 bridgehead atoms. The fourth-order valence-corrected chi connectivity index (χ4v) is 2.92. The van der Waals surface area contributed by atoms with Gasteiger partial charge in [0.15, 0.2) is 0 Å². The van der Waals surface area contributed by atoms with Gasteiger partial charge in [0.1, 0.15) is 6.17 Å². The average Bonchev–Trinajstić information content (AvgIpc) is 2.90. The van der Waals surface area contributed by atoms with Crippen LogP contribution in [-0.2, 0) is 0 Å². The molecule has 1 saturated heterocycles. The first-order valence-corrected chi connectivity index (χ1v) is 7.41. The molecule has 3 rings (SSSR count). The minimum atomic E-state index is 0.254. The smallest absolute Gasteiger partial charge is 0.116 e. The van der Waals surface area contributed by atoms with Crippen molar-refractivity contribution < 1.29 is 0 Å². The van der Waals surface area contributed by atoms with E-state index in [9.17, 15) is 0 Å². The second kappa shape index (κ2) is 5.51. The predicted molar refractivity (Wildman–Crippen MR) is 78.1 cm³/mol. The van der Waals surface area contributed by atoms with Gasteiger partial charge in [-0.05, 0) is 37.1 Å². The third-order valence-electron chi connectivity index (χ3n) is 3.68. The number of aliphatic imine (C=N–C) groups is 1. The molecule has 2 N–H and O–H groups in total. The highest BCUT2D eigenvalue weighted by molar-refractivity contribution is 9.10. The summed E-state index contributed by atoms with van der Waals surface area (Å²) in [7, 11) is 0. The Bertz CT molecular complexity index is 435. The zero-order valence-electron chi connectivity index (χ0n) is 10.3. The summed E-state index contributed by atoms with van der Waals surface area (Å²) in [4.78, 5) is 4.84. The van der Waals surface area contributed by atoms with Gasteiger partial charge in [0.2, 0.25) is 0 Å². The van der Waals surface area contributed by atoms with Crippen LogP contribution in [0.15, 0.2) is 33.7 Å². The Hall–Kier alpha value is -0.710. The van der Waals surface area contributed by atoms with E-state index in [4.69, 9.17) is 4.99 Å². The number of nitrogens with zero attached hydrogens (tertiary/aromatic N) is 1. The van der Waals surface area contributed by atoms with Crippen LogP contribution >= 0.6 is 15.9 Å². The minimum absolute atomic E-state index is 0.254. The molecule has 96 valence electrons. The van der Waals surface area contributed by atoms with Crippen LogP contribution in [-0.4, -0.2) is 31.0 Å². The number of piperidine rings is 1. The summed E-state index contributed by atoms with van der Waals surface area (Å²) in [5, 5.41) is 7.08. The quantitative estimate of drug-likeness (QED) is 0.879. The van der Waals surface area contributed by atoms with E-state index in [-0.39, 0.29) is 6.17 Å². The van der Waals surface area contributed by atoms with Crippen LogP contribution in [0, 0.1) is 0 Å². The molecule has 2 heterocycles. The number of nitrogens with one attached hydrogen (secondary N) is 2. The zero-order chi connectivity index (χ0) is 12.4. The highest BCUT2D eigenvalue weighted by Crippen LogP contribution is 2.17. The van der Waals surface area contributed by atoms with Crippen LogP contribution in [0.4, 0.5) is 0 Å².